The zero-order valence-corrected chi connectivity index (χ0v) is 10.7. The summed E-state index contributed by atoms with van der Waals surface area (Å²) in [5.41, 5.74) is 13.2. The van der Waals surface area contributed by atoms with Crippen LogP contribution < -0.4 is 16.4 Å². The second-order valence-electron chi connectivity index (χ2n) is 4.80. The second kappa shape index (κ2) is 4.86. The van der Waals surface area contributed by atoms with Crippen LogP contribution in [0.15, 0.2) is 18.2 Å². The zero-order valence-electron chi connectivity index (χ0n) is 10.7. The standard InChI is InChI=1S/C13H19N3O2/c1-8-6-16(7-9(2)18-8)12-4-3-10(13(15)17)5-11(12)14/h3-5,8-9H,6-7,14H2,1-2H3,(H2,15,17)/t8-,9+. The number of nitrogens with zero attached hydrogens (tertiary/aromatic N) is 1. The van der Waals surface area contributed by atoms with E-state index in [0.717, 1.165) is 18.8 Å². The zero-order chi connectivity index (χ0) is 13.3. The lowest BCUT2D eigenvalue weighted by atomic mass is 10.1. The van der Waals surface area contributed by atoms with E-state index in [4.69, 9.17) is 16.2 Å². The van der Waals surface area contributed by atoms with Crippen LogP contribution in [0.2, 0.25) is 0 Å². The lowest BCUT2D eigenvalue weighted by Crippen LogP contribution is -2.45. The minimum atomic E-state index is -0.461. The van der Waals surface area contributed by atoms with Gasteiger partial charge in [-0.15, -0.1) is 0 Å². The summed E-state index contributed by atoms with van der Waals surface area (Å²) in [5.74, 6) is -0.461. The molecule has 1 amide bonds. The van der Waals surface area contributed by atoms with E-state index >= 15 is 0 Å². The van der Waals surface area contributed by atoms with Gasteiger partial charge in [-0.1, -0.05) is 0 Å². The quantitative estimate of drug-likeness (QED) is 0.765. The Labute approximate surface area is 107 Å². The Hall–Kier alpha value is -1.75. The molecule has 0 radical (unpaired) electrons. The number of anilines is 2. The molecule has 1 saturated heterocycles. The van der Waals surface area contributed by atoms with E-state index in [9.17, 15) is 4.79 Å². The molecule has 0 aromatic heterocycles. The lowest BCUT2D eigenvalue weighted by Gasteiger charge is -2.37. The van der Waals surface area contributed by atoms with Crippen molar-refractivity contribution in [2.24, 2.45) is 5.73 Å². The van der Waals surface area contributed by atoms with Crippen molar-refractivity contribution < 1.29 is 9.53 Å². The predicted molar refractivity (Wildman–Crippen MR) is 71.6 cm³/mol. The molecule has 1 fully saturated rings. The first-order chi connectivity index (χ1) is 8.47. The summed E-state index contributed by atoms with van der Waals surface area (Å²) < 4.78 is 5.68. The fraction of sp³-hybridized carbons (Fsp3) is 0.462. The van der Waals surface area contributed by atoms with Crippen LogP contribution in [0.4, 0.5) is 11.4 Å². The highest BCUT2D eigenvalue weighted by molar-refractivity contribution is 5.94. The fourth-order valence-electron chi connectivity index (χ4n) is 2.37. The number of primary amides is 1. The molecule has 1 aromatic rings. The maximum absolute atomic E-state index is 11.1. The van der Waals surface area contributed by atoms with E-state index in [-0.39, 0.29) is 12.2 Å². The highest BCUT2D eigenvalue weighted by Gasteiger charge is 2.23. The van der Waals surface area contributed by atoms with Gasteiger partial charge in [-0.2, -0.15) is 0 Å². The first-order valence-corrected chi connectivity index (χ1v) is 6.07. The average Bonchev–Trinajstić information content (AvgIpc) is 2.27. The van der Waals surface area contributed by atoms with Gasteiger partial charge in [-0.3, -0.25) is 4.79 Å². The Morgan fingerprint density at radius 3 is 2.44 bits per heavy atom. The van der Waals surface area contributed by atoms with Crippen molar-refractivity contribution in [1.29, 1.82) is 0 Å². The number of ether oxygens (including phenoxy) is 1. The number of benzene rings is 1. The van der Waals surface area contributed by atoms with Crippen LogP contribution in [0.5, 0.6) is 0 Å². The van der Waals surface area contributed by atoms with Crippen molar-refractivity contribution in [3.63, 3.8) is 0 Å². The van der Waals surface area contributed by atoms with Gasteiger partial charge in [0.25, 0.3) is 0 Å². The Morgan fingerprint density at radius 2 is 1.94 bits per heavy atom. The number of morpholine rings is 1. The highest BCUT2D eigenvalue weighted by atomic mass is 16.5. The third-order valence-electron chi connectivity index (χ3n) is 3.07. The molecular weight excluding hydrogens is 230 g/mol. The van der Waals surface area contributed by atoms with Gasteiger partial charge in [0.05, 0.1) is 23.6 Å². The number of rotatable bonds is 2. The third-order valence-corrected chi connectivity index (χ3v) is 3.07. The second-order valence-corrected chi connectivity index (χ2v) is 4.80. The molecule has 2 atom stereocenters. The number of carbonyl (C=O) groups excluding carboxylic acids is 1. The molecule has 1 aliphatic heterocycles. The summed E-state index contributed by atoms with van der Waals surface area (Å²) in [7, 11) is 0. The van der Waals surface area contributed by atoms with Crippen molar-refractivity contribution in [1.82, 2.24) is 0 Å². The molecule has 0 bridgehead atoms. The van der Waals surface area contributed by atoms with Gasteiger partial charge in [0, 0.05) is 18.7 Å². The molecule has 1 heterocycles. The minimum Gasteiger partial charge on any atom is -0.397 e. The lowest BCUT2D eigenvalue weighted by molar-refractivity contribution is -0.00517. The fourth-order valence-corrected chi connectivity index (χ4v) is 2.37. The number of carbonyl (C=O) groups is 1. The normalized spacial score (nSPS) is 24.0. The SMILES string of the molecule is C[C@@H]1CN(c2ccc(C(N)=O)cc2N)C[C@H](C)O1. The largest absolute Gasteiger partial charge is 0.397 e. The summed E-state index contributed by atoms with van der Waals surface area (Å²) in [6.45, 7) is 5.67. The molecule has 0 unspecified atom stereocenters. The van der Waals surface area contributed by atoms with E-state index in [1.807, 2.05) is 19.9 Å². The van der Waals surface area contributed by atoms with Crippen molar-refractivity contribution in [2.75, 3.05) is 23.7 Å². The highest BCUT2D eigenvalue weighted by Crippen LogP contribution is 2.27. The topological polar surface area (TPSA) is 81.6 Å². The van der Waals surface area contributed by atoms with Gasteiger partial charge in [0.15, 0.2) is 0 Å². The first kappa shape index (κ1) is 12.7. The van der Waals surface area contributed by atoms with E-state index in [1.165, 1.54) is 0 Å². The maximum Gasteiger partial charge on any atom is 0.248 e. The Bertz CT molecular complexity index is 452. The molecule has 4 N–H and O–H groups in total. The predicted octanol–water partition coefficient (Wildman–Crippen LogP) is 0.981. The van der Waals surface area contributed by atoms with Gasteiger partial charge < -0.3 is 21.1 Å². The maximum atomic E-state index is 11.1. The van der Waals surface area contributed by atoms with E-state index in [0.29, 0.717) is 11.3 Å². The summed E-state index contributed by atoms with van der Waals surface area (Å²) >= 11 is 0. The van der Waals surface area contributed by atoms with Gasteiger partial charge in [-0.25, -0.2) is 0 Å². The van der Waals surface area contributed by atoms with Gasteiger partial charge in [0.2, 0.25) is 5.91 Å². The van der Waals surface area contributed by atoms with Crippen LogP contribution >= 0.6 is 0 Å². The smallest absolute Gasteiger partial charge is 0.248 e. The van der Waals surface area contributed by atoms with E-state index in [2.05, 4.69) is 4.90 Å². The van der Waals surface area contributed by atoms with Crippen molar-refractivity contribution in [3.05, 3.63) is 23.8 Å². The van der Waals surface area contributed by atoms with Crippen LogP contribution in [-0.4, -0.2) is 31.2 Å². The van der Waals surface area contributed by atoms with Crippen LogP contribution in [0, 0.1) is 0 Å². The third kappa shape index (κ3) is 2.56. The van der Waals surface area contributed by atoms with Crippen molar-refractivity contribution in [3.8, 4) is 0 Å². The molecule has 1 aromatic carbocycles. The van der Waals surface area contributed by atoms with E-state index in [1.54, 1.807) is 12.1 Å². The van der Waals surface area contributed by atoms with E-state index < -0.39 is 5.91 Å². The molecule has 98 valence electrons. The van der Waals surface area contributed by atoms with Crippen LogP contribution in [0.3, 0.4) is 0 Å². The number of hydrogen-bond donors (Lipinski definition) is 2. The van der Waals surface area contributed by atoms with Crippen LogP contribution in [-0.2, 0) is 4.74 Å². The Morgan fingerprint density at radius 1 is 1.33 bits per heavy atom. The van der Waals surface area contributed by atoms with Gasteiger partial charge >= 0.3 is 0 Å². The molecular formula is C13H19N3O2. The monoisotopic (exact) mass is 249 g/mol. The number of nitrogen functional groups attached to an aromatic ring is 1. The summed E-state index contributed by atoms with van der Waals surface area (Å²) in [6, 6.07) is 5.18. The molecule has 0 aliphatic carbocycles. The van der Waals surface area contributed by atoms with Gasteiger partial charge in [0.1, 0.15) is 0 Å². The van der Waals surface area contributed by atoms with Crippen molar-refractivity contribution in [2.45, 2.75) is 26.1 Å². The minimum absolute atomic E-state index is 0.170. The molecule has 5 heteroatoms. The first-order valence-electron chi connectivity index (χ1n) is 6.07. The number of hydrogen-bond acceptors (Lipinski definition) is 4. The molecule has 1 aliphatic rings. The number of amides is 1. The van der Waals surface area contributed by atoms with Crippen molar-refractivity contribution >= 4 is 17.3 Å². The molecule has 0 spiro atoms. The molecule has 0 saturated carbocycles. The van der Waals surface area contributed by atoms with Gasteiger partial charge in [-0.05, 0) is 32.0 Å². The van der Waals surface area contributed by atoms with Crippen LogP contribution in [0.25, 0.3) is 0 Å². The molecule has 18 heavy (non-hydrogen) atoms. The van der Waals surface area contributed by atoms with Crippen LogP contribution in [0.1, 0.15) is 24.2 Å². The Kier molecular flexibility index (Phi) is 3.43. The summed E-state index contributed by atoms with van der Waals surface area (Å²) in [6.07, 6.45) is 0.341. The Balaban J connectivity index is 2.25. The summed E-state index contributed by atoms with van der Waals surface area (Å²) in [4.78, 5) is 13.3. The average molecular weight is 249 g/mol. The molecule has 5 nitrogen and oxygen atoms in total. The molecule has 2 rings (SSSR count). The summed E-state index contributed by atoms with van der Waals surface area (Å²) in [5, 5.41) is 0. The number of nitrogens with two attached hydrogens (primary N) is 2.